The zero-order valence-electron chi connectivity index (χ0n) is 33.4. The first-order chi connectivity index (χ1) is 27.5. The number of hydrogen-bond acceptors (Lipinski definition) is 13. The molecule has 2 aromatic rings. The number of alkyl halides is 1. The summed E-state index contributed by atoms with van der Waals surface area (Å²) in [5.74, 6) is 0.674. The van der Waals surface area contributed by atoms with Crippen molar-refractivity contribution in [3.63, 3.8) is 0 Å². The Balaban J connectivity index is 1.21. The zero-order chi connectivity index (χ0) is 41.1. The van der Waals surface area contributed by atoms with Crippen molar-refractivity contribution in [3.8, 4) is 11.5 Å². The van der Waals surface area contributed by atoms with Gasteiger partial charge in [-0.25, -0.2) is 9.59 Å². The van der Waals surface area contributed by atoms with Crippen LogP contribution < -0.4 is 9.47 Å². The molecule has 316 valence electrons. The zero-order valence-corrected chi connectivity index (χ0v) is 36.4. The third kappa shape index (κ3) is 11.6. The minimum atomic E-state index is -0.956. The van der Waals surface area contributed by atoms with Gasteiger partial charge < -0.3 is 48.1 Å². The van der Waals surface area contributed by atoms with Crippen molar-refractivity contribution in [2.45, 2.75) is 113 Å². The van der Waals surface area contributed by atoms with Crippen molar-refractivity contribution in [1.29, 1.82) is 0 Å². The minimum absolute atomic E-state index is 0.00164. The van der Waals surface area contributed by atoms with Crippen LogP contribution in [0.5, 0.6) is 11.5 Å². The van der Waals surface area contributed by atoms with E-state index in [9.17, 15) is 19.8 Å². The van der Waals surface area contributed by atoms with Crippen molar-refractivity contribution in [2.24, 2.45) is 11.8 Å². The SMILES string of the molecule is C=C(C(C)CC1CCC2OC(CCCOC(=O)c3ccc(OC)cc3)CC2(CI)O1)[C@@H](C[C@@H]1O[C@H](CC(O)CO)[C@H](OC)C1CS)OC(=O)c1ccc(OC)cc1. The van der Waals surface area contributed by atoms with Crippen LogP contribution in [0.3, 0.4) is 0 Å². The van der Waals surface area contributed by atoms with E-state index in [2.05, 4.69) is 48.7 Å². The number of fused-ring (bicyclic) bond motifs is 1. The summed E-state index contributed by atoms with van der Waals surface area (Å²) in [5.41, 5.74) is 1.20. The molecule has 3 saturated heterocycles. The van der Waals surface area contributed by atoms with Gasteiger partial charge in [0.15, 0.2) is 0 Å². The maximum atomic E-state index is 13.6. The van der Waals surface area contributed by atoms with E-state index in [0.717, 1.165) is 35.7 Å². The molecular formula is C43H59IO12S. The van der Waals surface area contributed by atoms with Crippen LogP contribution in [0.1, 0.15) is 79.0 Å². The number of carbonyl (C=O) groups is 2. The number of hydrogen-bond donors (Lipinski definition) is 3. The summed E-state index contributed by atoms with van der Waals surface area (Å²) in [7, 11) is 4.75. The van der Waals surface area contributed by atoms with Gasteiger partial charge >= 0.3 is 11.9 Å². The maximum Gasteiger partial charge on any atom is 0.338 e. The first kappa shape index (κ1) is 45.6. The van der Waals surface area contributed by atoms with Crippen molar-refractivity contribution in [1.82, 2.24) is 0 Å². The summed E-state index contributed by atoms with van der Waals surface area (Å²) in [5, 5.41) is 19.8. The van der Waals surface area contributed by atoms with Crippen LogP contribution >= 0.6 is 35.2 Å². The highest BCUT2D eigenvalue weighted by Crippen LogP contribution is 2.46. The Morgan fingerprint density at radius 2 is 1.58 bits per heavy atom. The second-order valence-electron chi connectivity index (χ2n) is 15.4. The van der Waals surface area contributed by atoms with Crippen LogP contribution in [0, 0.1) is 11.8 Å². The van der Waals surface area contributed by atoms with Gasteiger partial charge in [-0.2, -0.15) is 12.6 Å². The molecule has 7 unspecified atom stereocenters. The van der Waals surface area contributed by atoms with Crippen molar-refractivity contribution >= 4 is 47.2 Å². The smallest absolute Gasteiger partial charge is 0.338 e. The third-order valence-corrected chi connectivity index (χ3v) is 13.3. The molecule has 11 atom stereocenters. The lowest BCUT2D eigenvalue weighted by molar-refractivity contribution is -0.155. The molecule has 57 heavy (non-hydrogen) atoms. The Labute approximate surface area is 355 Å². The summed E-state index contributed by atoms with van der Waals surface area (Å²) in [6.07, 6.45) is 2.12. The number of benzene rings is 2. The minimum Gasteiger partial charge on any atom is -0.497 e. The average molecular weight is 927 g/mol. The van der Waals surface area contributed by atoms with Crippen LogP contribution in [0.15, 0.2) is 60.7 Å². The Hall–Kier alpha value is -2.44. The quantitative estimate of drug-likeness (QED) is 0.0317. The van der Waals surface area contributed by atoms with E-state index in [0.29, 0.717) is 54.2 Å². The van der Waals surface area contributed by atoms with Crippen molar-refractivity contribution in [3.05, 3.63) is 71.8 Å². The van der Waals surface area contributed by atoms with Gasteiger partial charge in [-0.3, -0.25) is 0 Å². The molecule has 3 heterocycles. The fraction of sp³-hybridized carbons (Fsp3) is 0.628. The van der Waals surface area contributed by atoms with Gasteiger partial charge in [0, 0.05) is 36.7 Å². The second-order valence-corrected chi connectivity index (χ2v) is 16.5. The Morgan fingerprint density at radius 1 is 0.930 bits per heavy atom. The number of aliphatic hydroxyl groups excluding tert-OH is 2. The van der Waals surface area contributed by atoms with E-state index in [-0.39, 0.29) is 55.2 Å². The number of esters is 2. The van der Waals surface area contributed by atoms with Gasteiger partial charge in [-0.15, -0.1) is 0 Å². The molecule has 0 radical (unpaired) electrons. The summed E-state index contributed by atoms with van der Waals surface area (Å²) < 4.78 is 48.8. The normalized spacial score (nSPS) is 28.5. The van der Waals surface area contributed by atoms with Crippen molar-refractivity contribution < 1.29 is 57.7 Å². The second kappa shape index (κ2) is 21.7. The van der Waals surface area contributed by atoms with Crippen LogP contribution in [-0.4, -0.2) is 121 Å². The fourth-order valence-corrected chi connectivity index (χ4v) is 9.80. The van der Waals surface area contributed by atoms with Gasteiger partial charge in [-0.1, -0.05) is 36.1 Å². The fourth-order valence-electron chi connectivity index (χ4n) is 8.37. The van der Waals surface area contributed by atoms with E-state index >= 15 is 0 Å². The molecule has 2 N–H and O–H groups in total. The Morgan fingerprint density at radius 3 is 2.16 bits per heavy atom. The molecule has 0 amide bonds. The van der Waals surface area contributed by atoms with Crippen LogP contribution in [0.2, 0.25) is 0 Å². The number of ether oxygens (including phenoxy) is 8. The largest absolute Gasteiger partial charge is 0.497 e. The Kier molecular flexibility index (Phi) is 17.4. The third-order valence-electron chi connectivity index (χ3n) is 11.6. The number of methoxy groups -OCH3 is 3. The molecule has 12 nitrogen and oxygen atoms in total. The van der Waals surface area contributed by atoms with Gasteiger partial charge in [0.2, 0.25) is 0 Å². The van der Waals surface area contributed by atoms with Gasteiger partial charge in [0.05, 0.1) is 81.3 Å². The number of halogens is 1. The monoisotopic (exact) mass is 926 g/mol. The lowest BCUT2D eigenvalue weighted by atomic mass is 9.83. The number of thiol groups is 1. The number of rotatable bonds is 21. The summed E-state index contributed by atoms with van der Waals surface area (Å²) in [6.45, 7) is 6.51. The topological polar surface area (TPSA) is 148 Å². The first-order valence-corrected chi connectivity index (χ1v) is 22.0. The van der Waals surface area contributed by atoms with E-state index in [1.807, 2.05) is 0 Å². The molecule has 14 heteroatoms. The summed E-state index contributed by atoms with van der Waals surface area (Å²) in [4.78, 5) is 26.1. The molecule has 0 saturated carbocycles. The molecular weight excluding hydrogens is 867 g/mol. The maximum absolute atomic E-state index is 13.6. The molecule has 3 aliphatic heterocycles. The predicted molar refractivity (Wildman–Crippen MR) is 226 cm³/mol. The van der Waals surface area contributed by atoms with Gasteiger partial charge in [-0.05, 0) is 97.9 Å². The average Bonchev–Trinajstić information content (AvgIpc) is 3.77. The Bertz CT molecular complexity index is 1590. The molecule has 5 rings (SSSR count). The van der Waals surface area contributed by atoms with Crippen LogP contribution in [-0.2, 0) is 28.4 Å². The predicted octanol–water partition coefficient (Wildman–Crippen LogP) is 6.42. The highest BCUT2D eigenvalue weighted by Gasteiger charge is 2.52. The first-order valence-electron chi connectivity index (χ1n) is 19.8. The lowest BCUT2D eigenvalue weighted by Gasteiger charge is -2.42. The molecule has 0 bridgehead atoms. The standard InChI is InChI=1S/C43H59IO12S/c1-26(19-33-16-17-39-43(25-44,56-33)22-34(53-39)7-6-18-52-41(47)28-8-12-31(49-3)13-9-28)27(2)36(55-42(48)29-10-14-32(50-4)15-11-29)21-37-35(24-57)40(51-5)38(54-37)20-30(46)23-45/h8-15,26,30,33-40,45-46,57H,2,6-7,16-25H2,1,3-5H3/t26?,30?,33?,34?,35?,36-,37+,38-,39?,40-,43?/m1/s1. The number of carbonyl (C=O) groups excluding carboxylic acids is 2. The molecule has 0 aliphatic carbocycles. The number of aliphatic hydroxyl groups is 2. The van der Waals surface area contributed by atoms with Gasteiger partial charge in [0.25, 0.3) is 0 Å². The van der Waals surface area contributed by atoms with Crippen LogP contribution in [0.25, 0.3) is 0 Å². The van der Waals surface area contributed by atoms with Gasteiger partial charge in [0.1, 0.15) is 23.2 Å². The van der Waals surface area contributed by atoms with Crippen molar-refractivity contribution in [2.75, 3.05) is 44.7 Å². The molecule has 0 spiro atoms. The lowest BCUT2D eigenvalue weighted by Crippen LogP contribution is -2.50. The summed E-state index contributed by atoms with van der Waals surface area (Å²) in [6, 6.07) is 13.6. The van der Waals surface area contributed by atoms with E-state index in [1.165, 1.54) is 0 Å². The summed E-state index contributed by atoms with van der Waals surface area (Å²) >= 11 is 7.03. The van der Waals surface area contributed by atoms with E-state index < -0.39 is 36.0 Å². The van der Waals surface area contributed by atoms with E-state index in [1.54, 1.807) is 69.9 Å². The highest BCUT2D eigenvalue weighted by atomic mass is 127. The molecule has 3 aliphatic rings. The highest BCUT2D eigenvalue weighted by molar-refractivity contribution is 14.1. The molecule has 3 fully saturated rings. The molecule has 0 aromatic heterocycles. The van der Waals surface area contributed by atoms with Crippen LogP contribution in [0.4, 0.5) is 0 Å². The molecule has 2 aromatic carbocycles. The van der Waals surface area contributed by atoms with E-state index in [4.69, 9.17) is 37.9 Å².